The average molecular weight is 240 g/mol. The van der Waals surface area contributed by atoms with Crippen molar-refractivity contribution >= 4 is 11.6 Å². The summed E-state index contributed by atoms with van der Waals surface area (Å²) >= 11 is 5.77. The van der Waals surface area contributed by atoms with Crippen LogP contribution in [0, 0.1) is 0 Å². The maximum Gasteiger partial charge on any atom is 0.119 e. The molecule has 1 atom stereocenters. The van der Waals surface area contributed by atoms with Crippen LogP contribution < -0.4 is 10.5 Å². The van der Waals surface area contributed by atoms with Crippen molar-refractivity contribution in [2.45, 2.75) is 25.8 Å². The molecule has 16 heavy (non-hydrogen) atoms. The Bertz CT molecular complexity index is 334. The van der Waals surface area contributed by atoms with Crippen LogP contribution in [0.2, 0.25) is 5.02 Å². The molecular formula is C13H18ClNO. The van der Waals surface area contributed by atoms with E-state index in [0.717, 1.165) is 24.2 Å². The first-order valence-electron chi connectivity index (χ1n) is 5.42. The van der Waals surface area contributed by atoms with Gasteiger partial charge in [-0.05, 0) is 37.1 Å². The molecule has 2 nitrogen and oxygen atoms in total. The lowest BCUT2D eigenvalue weighted by Gasteiger charge is -2.13. The van der Waals surface area contributed by atoms with Crippen LogP contribution in [0.3, 0.4) is 0 Å². The van der Waals surface area contributed by atoms with Gasteiger partial charge in [-0.1, -0.05) is 30.7 Å². The first-order chi connectivity index (χ1) is 7.61. The molecule has 0 saturated heterocycles. The number of hydrogen-bond donors (Lipinski definition) is 1. The summed E-state index contributed by atoms with van der Waals surface area (Å²) in [6, 6.07) is 7.27. The zero-order valence-corrected chi connectivity index (χ0v) is 10.3. The van der Waals surface area contributed by atoms with Gasteiger partial charge in [-0.25, -0.2) is 0 Å². The molecule has 0 aromatic heterocycles. The molecule has 88 valence electrons. The van der Waals surface area contributed by atoms with Gasteiger partial charge in [0.2, 0.25) is 0 Å². The molecule has 0 radical (unpaired) electrons. The summed E-state index contributed by atoms with van der Waals surface area (Å²) < 4.78 is 5.54. The predicted molar refractivity (Wildman–Crippen MR) is 69.0 cm³/mol. The van der Waals surface area contributed by atoms with E-state index in [9.17, 15) is 0 Å². The summed E-state index contributed by atoms with van der Waals surface area (Å²) in [5.74, 6) is 0.793. The molecule has 0 bridgehead atoms. The summed E-state index contributed by atoms with van der Waals surface area (Å²) in [7, 11) is 0. The average Bonchev–Trinajstić information content (AvgIpc) is 2.28. The lowest BCUT2D eigenvalue weighted by atomic mass is 10.1. The fourth-order valence-electron chi connectivity index (χ4n) is 1.31. The van der Waals surface area contributed by atoms with Crippen LogP contribution in [-0.4, -0.2) is 12.6 Å². The highest BCUT2D eigenvalue weighted by molar-refractivity contribution is 6.30. The van der Waals surface area contributed by atoms with Crippen LogP contribution in [0.5, 0.6) is 5.75 Å². The number of benzene rings is 1. The summed E-state index contributed by atoms with van der Waals surface area (Å²) in [6.07, 6.45) is 1.78. The minimum absolute atomic E-state index is 0.00290. The Balaban J connectivity index is 2.34. The van der Waals surface area contributed by atoms with Crippen molar-refractivity contribution in [3.05, 3.63) is 41.4 Å². The molecule has 1 aromatic carbocycles. The molecule has 0 aliphatic heterocycles. The van der Waals surface area contributed by atoms with E-state index in [1.165, 1.54) is 0 Å². The fraction of sp³-hybridized carbons (Fsp3) is 0.385. The van der Waals surface area contributed by atoms with Gasteiger partial charge in [-0.2, -0.15) is 0 Å². The third-order valence-corrected chi connectivity index (χ3v) is 2.58. The van der Waals surface area contributed by atoms with Crippen molar-refractivity contribution in [3.63, 3.8) is 0 Å². The van der Waals surface area contributed by atoms with Crippen LogP contribution in [0.4, 0.5) is 0 Å². The molecule has 0 spiro atoms. The van der Waals surface area contributed by atoms with Crippen molar-refractivity contribution < 1.29 is 4.74 Å². The van der Waals surface area contributed by atoms with Crippen molar-refractivity contribution in [3.8, 4) is 5.75 Å². The maximum atomic E-state index is 5.92. The summed E-state index contributed by atoms with van der Waals surface area (Å²) in [6.45, 7) is 6.51. The fourth-order valence-corrected chi connectivity index (χ4v) is 1.43. The zero-order chi connectivity index (χ0) is 12.0. The van der Waals surface area contributed by atoms with Crippen LogP contribution in [-0.2, 0) is 0 Å². The topological polar surface area (TPSA) is 35.2 Å². The second kappa shape index (κ2) is 6.56. The molecule has 1 aromatic rings. The largest absolute Gasteiger partial charge is 0.492 e. The second-order valence-electron chi connectivity index (χ2n) is 3.83. The van der Waals surface area contributed by atoms with Gasteiger partial charge < -0.3 is 10.5 Å². The molecule has 0 aliphatic rings. The molecule has 0 saturated carbocycles. The Morgan fingerprint density at radius 3 is 2.62 bits per heavy atom. The Kier molecular flexibility index (Phi) is 5.36. The minimum Gasteiger partial charge on any atom is -0.492 e. The maximum absolute atomic E-state index is 5.92. The van der Waals surface area contributed by atoms with Gasteiger partial charge in [-0.3, -0.25) is 0 Å². The Morgan fingerprint density at radius 1 is 1.44 bits per heavy atom. The number of hydrogen-bond acceptors (Lipinski definition) is 2. The molecule has 2 N–H and O–H groups in total. The van der Waals surface area contributed by atoms with Crippen molar-refractivity contribution in [2.75, 3.05) is 6.61 Å². The van der Waals surface area contributed by atoms with E-state index < -0.39 is 0 Å². The highest BCUT2D eigenvalue weighted by Crippen LogP contribution is 2.16. The quantitative estimate of drug-likeness (QED) is 0.773. The molecule has 0 amide bonds. The van der Waals surface area contributed by atoms with Crippen molar-refractivity contribution in [2.24, 2.45) is 5.73 Å². The van der Waals surface area contributed by atoms with Gasteiger partial charge in [0.15, 0.2) is 0 Å². The molecule has 1 rings (SSSR count). The Morgan fingerprint density at radius 2 is 2.06 bits per heavy atom. The van der Waals surface area contributed by atoms with Gasteiger partial charge in [0.25, 0.3) is 0 Å². The van der Waals surface area contributed by atoms with E-state index in [1.807, 2.05) is 12.1 Å². The molecular weight excluding hydrogens is 222 g/mol. The molecule has 0 fully saturated rings. The van der Waals surface area contributed by atoms with E-state index in [4.69, 9.17) is 22.1 Å². The van der Waals surface area contributed by atoms with E-state index in [-0.39, 0.29) is 6.04 Å². The molecule has 0 aliphatic carbocycles. The lowest BCUT2D eigenvalue weighted by Crippen LogP contribution is -2.28. The van der Waals surface area contributed by atoms with Crippen molar-refractivity contribution in [1.29, 1.82) is 0 Å². The smallest absolute Gasteiger partial charge is 0.119 e. The van der Waals surface area contributed by atoms with Gasteiger partial charge >= 0.3 is 0 Å². The van der Waals surface area contributed by atoms with Crippen molar-refractivity contribution in [1.82, 2.24) is 0 Å². The highest BCUT2D eigenvalue weighted by atomic mass is 35.5. The standard InChI is InChI=1S/C13H18ClNO/c1-3-10(2)8-12(15)9-16-13-6-4-11(14)5-7-13/h4-7,12H,2-3,8-9,15H2,1H3. The van der Waals surface area contributed by atoms with Crippen LogP contribution >= 0.6 is 11.6 Å². The second-order valence-corrected chi connectivity index (χ2v) is 4.27. The third kappa shape index (κ3) is 4.69. The monoisotopic (exact) mass is 239 g/mol. The summed E-state index contributed by atoms with van der Waals surface area (Å²) in [4.78, 5) is 0. The van der Waals surface area contributed by atoms with E-state index >= 15 is 0 Å². The highest BCUT2D eigenvalue weighted by Gasteiger charge is 2.05. The molecule has 0 heterocycles. The first-order valence-corrected chi connectivity index (χ1v) is 5.80. The first kappa shape index (κ1) is 13.1. The van der Waals surface area contributed by atoms with Gasteiger partial charge in [-0.15, -0.1) is 0 Å². The van der Waals surface area contributed by atoms with Crippen LogP contribution in [0.25, 0.3) is 0 Å². The molecule has 1 unspecified atom stereocenters. The third-order valence-electron chi connectivity index (χ3n) is 2.33. The number of halogens is 1. The lowest BCUT2D eigenvalue weighted by molar-refractivity contribution is 0.287. The number of rotatable bonds is 6. The van der Waals surface area contributed by atoms with E-state index in [0.29, 0.717) is 11.6 Å². The van der Waals surface area contributed by atoms with Crippen LogP contribution in [0.15, 0.2) is 36.4 Å². The summed E-state index contributed by atoms with van der Waals surface area (Å²) in [5.41, 5.74) is 7.08. The van der Waals surface area contributed by atoms with E-state index in [2.05, 4.69) is 13.5 Å². The SMILES string of the molecule is C=C(CC)CC(N)COc1ccc(Cl)cc1. The summed E-state index contributed by atoms with van der Waals surface area (Å²) in [5, 5.41) is 0.705. The van der Waals surface area contributed by atoms with Crippen LogP contribution in [0.1, 0.15) is 19.8 Å². The normalized spacial score (nSPS) is 12.2. The van der Waals surface area contributed by atoms with Gasteiger partial charge in [0.1, 0.15) is 12.4 Å². The Labute approximate surface area is 102 Å². The molecule has 3 heteroatoms. The van der Waals surface area contributed by atoms with E-state index in [1.54, 1.807) is 12.1 Å². The number of ether oxygens (including phenoxy) is 1. The zero-order valence-electron chi connectivity index (χ0n) is 9.58. The number of nitrogens with two attached hydrogens (primary N) is 1. The minimum atomic E-state index is 0.00290. The van der Waals surface area contributed by atoms with Gasteiger partial charge in [0.05, 0.1) is 0 Å². The Hall–Kier alpha value is -0.990. The predicted octanol–water partition coefficient (Wildman–Crippen LogP) is 3.40. The van der Waals surface area contributed by atoms with Gasteiger partial charge in [0, 0.05) is 11.1 Å².